The molecule has 0 spiro atoms. The van der Waals surface area contributed by atoms with Crippen molar-refractivity contribution >= 4 is 5.97 Å². The summed E-state index contributed by atoms with van der Waals surface area (Å²) in [4.78, 5) is 23.2. The molecule has 1 aromatic rings. The zero-order valence-electron chi connectivity index (χ0n) is 9.47. The molecule has 88 valence electrons. The van der Waals surface area contributed by atoms with Gasteiger partial charge in [0, 0.05) is 18.3 Å². The normalized spacial score (nSPS) is 14.8. The summed E-state index contributed by atoms with van der Waals surface area (Å²) in [5.74, 6) is -0.653. The number of rotatable bonds is 2. The molecule has 0 atom stereocenters. The van der Waals surface area contributed by atoms with Crippen molar-refractivity contribution in [1.29, 1.82) is 5.26 Å². The summed E-state index contributed by atoms with van der Waals surface area (Å²) in [6, 6.07) is 3.27. The lowest BCUT2D eigenvalue weighted by molar-refractivity contribution is 0.0599. The van der Waals surface area contributed by atoms with Crippen LogP contribution in [0.3, 0.4) is 0 Å². The minimum Gasteiger partial charge on any atom is -0.465 e. The quantitative estimate of drug-likeness (QED) is 0.719. The van der Waals surface area contributed by atoms with Gasteiger partial charge < -0.3 is 9.30 Å². The van der Waals surface area contributed by atoms with Crippen LogP contribution in [0.1, 0.15) is 41.2 Å². The van der Waals surface area contributed by atoms with Crippen molar-refractivity contribution in [3.8, 4) is 6.07 Å². The Morgan fingerprint density at radius 1 is 1.59 bits per heavy atom. The molecule has 0 radical (unpaired) electrons. The van der Waals surface area contributed by atoms with Crippen molar-refractivity contribution in [1.82, 2.24) is 4.57 Å². The highest BCUT2D eigenvalue weighted by atomic mass is 16.5. The smallest absolute Gasteiger partial charge is 0.339 e. The Hall–Kier alpha value is -2.09. The van der Waals surface area contributed by atoms with Crippen LogP contribution in [0.2, 0.25) is 0 Å². The number of carbonyl (C=O) groups is 1. The van der Waals surface area contributed by atoms with Crippen LogP contribution >= 0.6 is 0 Å². The van der Waals surface area contributed by atoms with E-state index >= 15 is 0 Å². The Balaban J connectivity index is 2.51. The fourth-order valence-electron chi connectivity index (χ4n) is 1.87. The van der Waals surface area contributed by atoms with E-state index in [9.17, 15) is 9.59 Å². The number of methoxy groups -OCH3 is 1. The van der Waals surface area contributed by atoms with Crippen molar-refractivity contribution in [3.05, 3.63) is 33.7 Å². The Morgan fingerprint density at radius 2 is 2.29 bits per heavy atom. The van der Waals surface area contributed by atoms with E-state index in [1.807, 2.05) is 6.07 Å². The highest BCUT2D eigenvalue weighted by Gasteiger charge is 2.22. The molecule has 0 aromatic carbocycles. The van der Waals surface area contributed by atoms with E-state index in [4.69, 9.17) is 5.26 Å². The summed E-state index contributed by atoms with van der Waals surface area (Å²) >= 11 is 0. The maximum absolute atomic E-state index is 11.8. The minimum atomic E-state index is -0.653. The molecule has 0 bridgehead atoms. The number of nitrogens with zero attached hydrogens (tertiary/aromatic N) is 2. The molecular formula is C12H12N2O3. The van der Waals surface area contributed by atoms with E-state index in [2.05, 4.69) is 4.74 Å². The summed E-state index contributed by atoms with van der Waals surface area (Å²) < 4.78 is 6.07. The minimum absolute atomic E-state index is 0.0376. The van der Waals surface area contributed by atoms with Gasteiger partial charge in [-0.2, -0.15) is 5.26 Å². The lowest BCUT2D eigenvalue weighted by Crippen LogP contribution is -2.29. The number of hydrogen-bond donors (Lipinski definition) is 0. The Bertz CT molecular complexity index is 550. The first-order valence-electron chi connectivity index (χ1n) is 5.42. The predicted octanol–water partition coefficient (Wildman–Crippen LogP) is 1.23. The summed E-state index contributed by atoms with van der Waals surface area (Å²) in [5, 5.41) is 8.98. The Kier molecular flexibility index (Phi) is 2.96. The third-order valence-corrected chi connectivity index (χ3v) is 3.07. The molecule has 5 nitrogen and oxygen atoms in total. The SMILES string of the molecule is COC(=O)c1cc(=O)n(C2CCC2)cc1C#N. The highest BCUT2D eigenvalue weighted by molar-refractivity contribution is 5.91. The van der Waals surface area contributed by atoms with Gasteiger partial charge in [0.25, 0.3) is 5.56 Å². The second kappa shape index (κ2) is 4.42. The van der Waals surface area contributed by atoms with Gasteiger partial charge in [-0.15, -0.1) is 0 Å². The molecular weight excluding hydrogens is 220 g/mol. The number of nitriles is 1. The van der Waals surface area contributed by atoms with Crippen LogP contribution in [0.4, 0.5) is 0 Å². The van der Waals surface area contributed by atoms with Crippen LogP contribution in [-0.2, 0) is 4.74 Å². The fourth-order valence-corrected chi connectivity index (χ4v) is 1.87. The first-order chi connectivity index (χ1) is 8.17. The Labute approximate surface area is 98.2 Å². The molecule has 1 aromatic heterocycles. The first-order valence-corrected chi connectivity index (χ1v) is 5.42. The Morgan fingerprint density at radius 3 is 2.76 bits per heavy atom. The molecule has 1 aliphatic rings. The van der Waals surface area contributed by atoms with E-state index in [0.29, 0.717) is 0 Å². The van der Waals surface area contributed by atoms with E-state index < -0.39 is 5.97 Å². The molecule has 1 heterocycles. The number of aromatic nitrogens is 1. The standard InChI is InChI=1S/C12H12N2O3/c1-17-12(16)10-5-11(15)14(7-8(10)6-13)9-3-2-4-9/h5,7,9H,2-4H2,1H3. The van der Waals surface area contributed by atoms with Crippen molar-refractivity contribution in [2.75, 3.05) is 7.11 Å². The van der Waals surface area contributed by atoms with Crippen LogP contribution in [0.25, 0.3) is 0 Å². The molecule has 5 heteroatoms. The fraction of sp³-hybridized carbons (Fsp3) is 0.417. The van der Waals surface area contributed by atoms with Crippen molar-refractivity contribution < 1.29 is 9.53 Å². The van der Waals surface area contributed by atoms with E-state index in [0.717, 1.165) is 19.3 Å². The molecule has 0 amide bonds. The third-order valence-electron chi connectivity index (χ3n) is 3.07. The molecule has 0 unspecified atom stereocenters. The van der Waals surface area contributed by atoms with Crippen LogP contribution in [0, 0.1) is 11.3 Å². The molecule has 2 rings (SSSR count). The monoisotopic (exact) mass is 232 g/mol. The van der Waals surface area contributed by atoms with Crippen LogP contribution in [-0.4, -0.2) is 17.6 Å². The molecule has 17 heavy (non-hydrogen) atoms. The molecule has 0 N–H and O–H groups in total. The first kappa shape index (κ1) is 11.4. The highest BCUT2D eigenvalue weighted by Crippen LogP contribution is 2.30. The van der Waals surface area contributed by atoms with Crippen LogP contribution in [0.5, 0.6) is 0 Å². The summed E-state index contributed by atoms with van der Waals surface area (Å²) in [7, 11) is 1.22. The molecule has 0 saturated heterocycles. The zero-order valence-corrected chi connectivity index (χ0v) is 9.47. The van der Waals surface area contributed by atoms with Gasteiger partial charge in [-0.1, -0.05) is 0 Å². The van der Waals surface area contributed by atoms with Crippen LogP contribution < -0.4 is 5.56 Å². The van der Waals surface area contributed by atoms with Gasteiger partial charge in [-0.3, -0.25) is 4.79 Å². The maximum atomic E-state index is 11.8. The average Bonchev–Trinajstić information content (AvgIpc) is 2.27. The van der Waals surface area contributed by atoms with Gasteiger partial charge in [-0.25, -0.2) is 4.79 Å². The topological polar surface area (TPSA) is 72.1 Å². The van der Waals surface area contributed by atoms with Crippen molar-refractivity contribution in [3.63, 3.8) is 0 Å². The number of esters is 1. The van der Waals surface area contributed by atoms with Crippen LogP contribution in [0.15, 0.2) is 17.1 Å². The average molecular weight is 232 g/mol. The van der Waals surface area contributed by atoms with Gasteiger partial charge in [0.2, 0.25) is 0 Å². The second-order valence-electron chi connectivity index (χ2n) is 4.03. The number of pyridine rings is 1. The van der Waals surface area contributed by atoms with Gasteiger partial charge in [0.05, 0.1) is 18.2 Å². The molecule has 1 saturated carbocycles. The molecule has 1 aliphatic carbocycles. The molecule has 1 fully saturated rings. The van der Waals surface area contributed by atoms with Crippen molar-refractivity contribution in [2.45, 2.75) is 25.3 Å². The van der Waals surface area contributed by atoms with Gasteiger partial charge in [-0.05, 0) is 19.3 Å². The third kappa shape index (κ3) is 1.94. The van der Waals surface area contributed by atoms with Gasteiger partial charge in [0.1, 0.15) is 6.07 Å². The van der Waals surface area contributed by atoms with E-state index in [1.165, 1.54) is 23.9 Å². The summed E-state index contributed by atoms with van der Waals surface area (Å²) in [6.07, 6.45) is 4.45. The predicted molar refractivity (Wildman–Crippen MR) is 59.6 cm³/mol. The van der Waals surface area contributed by atoms with E-state index in [-0.39, 0.29) is 22.7 Å². The summed E-state index contributed by atoms with van der Waals surface area (Å²) in [6.45, 7) is 0. The maximum Gasteiger partial charge on any atom is 0.339 e. The lowest BCUT2D eigenvalue weighted by atomic mass is 9.92. The lowest BCUT2D eigenvalue weighted by Gasteiger charge is -2.27. The van der Waals surface area contributed by atoms with E-state index in [1.54, 1.807) is 0 Å². The number of carbonyl (C=O) groups excluding carboxylic acids is 1. The molecule has 0 aliphatic heterocycles. The second-order valence-corrected chi connectivity index (χ2v) is 4.03. The number of hydrogen-bond acceptors (Lipinski definition) is 4. The largest absolute Gasteiger partial charge is 0.465 e. The zero-order chi connectivity index (χ0) is 12.4. The van der Waals surface area contributed by atoms with Gasteiger partial charge >= 0.3 is 5.97 Å². The van der Waals surface area contributed by atoms with Crippen molar-refractivity contribution in [2.24, 2.45) is 0 Å². The van der Waals surface area contributed by atoms with Gasteiger partial charge in [0.15, 0.2) is 0 Å². The summed E-state index contributed by atoms with van der Waals surface area (Å²) in [5.41, 5.74) is -0.0342. The number of ether oxygens (including phenoxy) is 1.